The van der Waals surface area contributed by atoms with E-state index in [4.69, 9.17) is 0 Å². The summed E-state index contributed by atoms with van der Waals surface area (Å²) in [7, 11) is -3.54. The lowest BCUT2D eigenvalue weighted by Gasteiger charge is -2.19. The smallest absolute Gasteiger partial charge is 0.261 e. The molecule has 0 spiro atoms. The molecule has 1 fully saturated rings. The molecule has 2 aromatic heterocycles. The molecular formula is C22H23F2N5O3S. The van der Waals surface area contributed by atoms with Gasteiger partial charge in [-0.05, 0) is 51.1 Å². The summed E-state index contributed by atoms with van der Waals surface area (Å²) in [6.45, 7) is 4.84. The molecule has 1 aliphatic carbocycles. The zero-order chi connectivity index (χ0) is 24.2. The van der Waals surface area contributed by atoms with E-state index in [1.54, 1.807) is 39.0 Å². The lowest BCUT2D eigenvalue weighted by atomic mass is 10.1. The fourth-order valence-electron chi connectivity index (χ4n) is 4.03. The fraction of sp³-hybridized carbons (Fsp3) is 0.409. The van der Waals surface area contributed by atoms with Gasteiger partial charge in [-0.2, -0.15) is 10.4 Å². The molecule has 2 atom stereocenters. The first-order valence-corrected chi connectivity index (χ1v) is 11.8. The number of nitrogens with zero attached hydrogens (tertiary/aromatic N) is 3. The van der Waals surface area contributed by atoms with Crippen LogP contribution >= 0.6 is 0 Å². The minimum atomic E-state index is -3.54. The van der Waals surface area contributed by atoms with Gasteiger partial charge in [-0.15, -0.1) is 0 Å². The van der Waals surface area contributed by atoms with E-state index in [1.807, 2.05) is 6.07 Å². The highest BCUT2D eigenvalue weighted by molar-refractivity contribution is 7.92. The van der Waals surface area contributed by atoms with Crippen LogP contribution in [0.25, 0.3) is 10.9 Å². The number of hydrogen-bond acceptors (Lipinski definition) is 6. The molecule has 0 aliphatic heterocycles. The number of nitrogens with one attached hydrogen (secondary N) is 2. The number of H-pyrrole nitrogens is 1. The molecule has 2 heterocycles. The maximum Gasteiger partial charge on any atom is 0.261 e. The third-order valence-electron chi connectivity index (χ3n) is 5.83. The third kappa shape index (κ3) is 3.99. The molecule has 8 nitrogen and oxygen atoms in total. The number of aromatic nitrogens is 3. The number of fused-ring (bicyclic) bond motifs is 1. The molecule has 174 valence electrons. The summed E-state index contributed by atoms with van der Waals surface area (Å²) in [5, 5.41) is 16.9. The average Bonchev–Trinajstić information content (AvgIpc) is 3.25. The van der Waals surface area contributed by atoms with E-state index in [0.717, 1.165) is 0 Å². The van der Waals surface area contributed by atoms with Gasteiger partial charge in [0, 0.05) is 24.7 Å². The lowest BCUT2D eigenvalue weighted by molar-refractivity contribution is 0.00392. The minimum Gasteiger partial charge on any atom is -0.338 e. The standard InChI is InChI=1S/C22H23F2N5O3S/c1-21(2,3)33(31,32)15-6-4-14(5-7-15)27-19-18-16(8-9-26-20(18)30)29(28-19)17-11-22(23,24)10-13(17)12-25/h4-9,13,17H,10-11H2,1-3H3,(H,26,30)(H,27,28)/t13-,17-/m1/s1. The molecule has 2 N–H and O–H groups in total. The first-order valence-electron chi connectivity index (χ1n) is 10.3. The van der Waals surface area contributed by atoms with Crippen molar-refractivity contribution in [2.45, 2.75) is 55.2 Å². The second kappa shape index (κ2) is 7.66. The number of hydrogen-bond donors (Lipinski definition) is 2. The van der Waals surface area contributed by atoms with E-state index in [2.05, 4.69) is 15.4 Å². The van der Waals surface area contributed by atoms with Crippen LogP contribution in [0.15, 0.2) is 46.2 Å². The van der Waals surface area contributed by atoms with Crippen LogP contribution in [0.3, 0.4) is 0 Å². The Labute approximate surface area is 189 Å². The van der Waals surface area contributed by atoms with E-state index in [0.29, 0.717) is 11.2 Å². The van der Waals surface area contributed by atoms with Crippen molar-refractivity contribution < 1.29 is 17.2 Å². The van der Waals surface area contributed by atoms with E-state index in [9.17, 15) is 27.3 Å². The largest absolute Gasteiger partial charge is 0.338 e. The number of aromatic amines is 1. The second-order valence-electron chi connectivity index (χ2n) is 9.19. The zero-order valence-corrected chi connectivity index (χ0v) is 19.1. The van der Waals surface area contributed by atoms with Gasteiger partial charge < -0.3 is 10.3 Å². The first kappa shape index (κ1) is 22.9. The molecular weight excluding hydrogens is 452 g/mol. The minimum absolute atomic E-state index is 0.130. The second-order valence-corrected chi connectivity index (χ2v) is 11.9. The molecule has 33 heavy (non-hydrogen) atoms. The first-order chi connectivity index (χ1) is 15.3. The third-order valence-corrected chi connectivity index (χ3v) is 8.34. The molecule has 0 radical (unpaired) electrons. The summed E-state index contributed by atoms with van der Waals surface area (Å²) in [6, 6.07) is 8.60. The van der Waals surface area contributed by atoms with Crippen LogP contribution in [0.4, 0.5) is 20.3 Å². The SMILES string of the molecule is CC(C)(C)S(=O)(=O)c1ccc(Nc2nn([C@@H]3CC(F)(F)C[C@@H]3C#N)c3cc[nH]c(=O)c23)cc1. The number of alkyl halides is 2. The van der Waals surface area contributed by atoms with Crippen molar-refractivity contribution in [1.82, 2.24) is 14.8 Å². The topological polar surface area (TPSA) is 121 Å². The van der Waals surface area contributed by atoms with Crippen LogP contribution in [-0.2, 0) is 9.84 Å². The van der Waals surface area contributed by atoms with Gasteiger partial charge in [0.15, 0.2) is 15.7 Å². The molecule has 1 aliphatic rings. The monoisotopic (exact) mass is 475 g/mol. The quantitative estimate of drug-likeness (QED) is 0.585. The van der Waals surface area contributed by atoms with Crippen molar-refractivity contribution >= 4 is 32.2 Å². The van der Waals surface area contributed by atoms with E-state index in [1.165, 1.54) is 23.0 Å². The van der Waals surface area contributed by atoms with Crippen LogP contribution in [-0.4, -0.2) is 33.9 Å². The molecule has 0 unspecified atom stereocenters. The zero-order valence-electron chi connectivity index (χ0n) is 18.3. The maximum atomic E-state index is 14.0. The summed E-state index contributed by atoms with van der Waals surface area (Å²) in [6.07, 6.45) is 0.284. The van der Waals surface area contributed by atoms with Crippen LogP contribution < -0.4 is 10.9 Å². The summed E-state index contributed by atoms with van der Waals surface area (Å²) in [5.74, 6) is -3.81. The number of benzene rings is 1. The molecule has 1 aromatic carbocycles. The number of anilines is 2. The summed E-state index contributed by atoms with van der Waals surface area (Å²) >= 11 is 0. The predicted octanol–water partition coefficient (Wildman–Crippen LogP) is 4.15. The molecule has 0 bridgehead atoms. The van der Waals surface area contributed by atoms with Gasteiger partial charge in [-0.25, -0.2) is 17.2 Å². The highest BCUT2D eigenvalue weighted by Crippen LogP contribution is 2.46. The predicted molar refractivity (Wildman–Crippen MR) is 119 cm³/mol. The van der Waals surface area contributed by atoms with Crippen molar-refractivity contribution in [3.63, 3.8) is 0 Å². The van der Waals surface area contributed by atoms with Gasteiger partial charge in [0.25, 0.3) is 11.5 Å². The van der Waals surface area contributed by atoms with Crippen molar-refractivity contribution in [3.8, 4) is 6.07 Å². The van der Waals surface area contributed by atoms with Crippen LogP contribution in [0.2, 0.25) is 0 Å². The number of nitriles is 1. The number of pyridine rings is 1. The van der Waals surface area contributed by atoms with E-state index < -0.39 is 50.9 Å². The Morgan fingerprint density at radius 3 is 2.48 bits per heavy atom. The fourth-order valence-corrected chi connectivity index (χ4v) is 5.23. The van der Waals surface area contributed by atoms with Crippen LogP contribution in [0.1, 0.15) is 39.7 Å². The van der Waals surface area contributed by atoms with Crippen molar-refractivity contribution in [2.75, 3.05) is 5.32 Å². The molecule has 0 saturated heterocycles. The van der Waals surface area contributed by atoms with Crippen LogP contribution in [0.5, 0.6) is 0 Å². The van der Waals surface area contributed by atoms with Gasteiger partial charge in [0.1, 0.15) is 5.39 Å². The number of sulfone groups is 1. The molecule has 11 heteroatoms. The van der Waals surface area contributed by atoms with Gasteiger partial charge in [-0.3, -0.25) is 9.48 Å². The maximum absolute atomic E-state index is 14.0. The summed E-state index contributed by atoms with van der Waals surface area (Å²) in [5.41, 5.74) is 0.328. The Morgan fingerprint density at radius 2 is 1.88 bits per heavy atom. The van der Waals surface area contributed by atoms with Crippen molar-refractivity contribution in [1.29, 1.82) is 5.26 Å². The summed E-state index contributed by atoms with van der Waals surface area (Å²) in [4.78, 5) is 15.3. The Kier molecular flexibility index (Phi) is 5.32. The van der Waals surface area contributed by atoms with Gasteiger partial charge >= 0.3 is 0 Å². The average molecular weight is 476 g/mol. The molecule has 1 saturated carbocycles. The van der Waals surface area contributed by atoms with Gasteiger partial charge in [0.05, 0.1) is 33.2 Å². The lowest BCUT2D eigenvalue weighted by Crippen LogP contribution is -2.27. The molecule has 0 amide bonds. The van der Waals surface area contributed by atoms with Gasteiger partial charge in [0.2, 0.25) is 0 Å². The Hall–Kier alpha value is -3.26. The normalized spacial score (nSPS) is 20.6. The Balaban J connectivity index is 1.74. The molecule has 3 aromatic rings. The van der Waals surface area contributed by atoms with Gasteiger partial charge in [-0.1, -0.05) is 0 Å². The number of halogens is 2. The number of rotatable bonds is 4. The van der Waals surface area contributed by atoms with Crippen LogP contribution in [0, 0.1) is 17.2 Å². The Bertz CT molecular complexity index is 1410. The van der Waals surface area contributed by atoms with E-state index in [-0.39, 0.29) is 16.1 Å². The van der Waals surface area contributed by atoms with Crippen molar-refractivity contribution in [3.05, 3.63) is 46.9 Å². The Morgan fingerprint density at radius 1 is 1.21 bits per heavy atom. The molecule has 4 rings (SSSR count). The van der Waals surface area contributed by atoms with Crippen molar-refractivity contribution in [2.24, 2.45) is 5.92 Å². The van der Waals surface area contributed by atoms with E-state index >= 15 is 0 Å². The highest BCUT2D eigenvalue weighted by Gasteiger charge is 2.48. The summed E-state index contributed by atoms with van der Waals surface area (Å²) < 4.78 is 53.7. The highest BCUT2D eigenvalue weighted by atomic mass is 32.2.